The molecule has 0 bridgehead atoms. The van der Waals surface area contributed by atoms with E-state index in [1.807, 2.05) is 6.92 Å². The molecule has 0 saturated carbocycles. The maximum atomic E-state index is 10.5. The zero-order valence-corrected chi connectivity index (χ0v) is 12.4. The standard InChI is InChI=1S/C7H14O3.C6H8O6/c1-3-4-5-10-7(9)6(2)8;7-1-2(8)5-3(9)4(10)6(11)12-5/h6,8H,3-5H2,1-2H3;2,5,7-10H,1H2/t;2?,5-/m.1/s1. The van der Waals surface area contributed by atoms with Gasteiger partial charge in [-0.15, -0.1) is 0 Å². The van der Waals surface area contributed by atoms with Crippen molar-refractivity contribution in [1.82, 2.24) is 0 Å². The Morgan fingerprint density at radius 2 is 1.95 bits per heavy atom. The van der Waals surface area contributed by atoms with Crippen molar-refractivity contribution in [2.75, 3.05) is 13.2 Å². The second kappa shape index (κ2) is 9.98. The van der Waals surface area contributed by atoms with Crippen molar-refractivity contribution in [3.05, 3.63) is 11.5 Å². The minimum Gasteiger partial charge on any atom is -0.505 e. The third-order valence-corrected chi connectivity index (χ3v) is 2.56. The van der Waals surface area contributed by atoms with E-state index in [4.69, 9.17) is 25.5 Å². The van der Waals surface area contributed by atoms with Crippen LogP contribution in [0.4, 0.5) is 0 Å². The van der Waals surface area contributed by atoms with Gasteiger partial charge in [-0.1, -0.05) is 13.3 Å². The van der Waals surface area contributed by atoms with Crippen LogP contribution in [-0.2, 0) is 19.1 Å². The van der Waals surface area contributed by atoms with Crippen LogP contribution < -0.4 is 0 Å². The maximum absolute atomic E-state index is 10.5. The number of carbonyl (C=O) groups excluding carboxylic acids is 2. The quantitative estimate of drug-likeness (QED) is 0.315. The molecule has 9 nitrogen and oxygen atoms in total. The minimum atomic E-state index is -1.42. The molecule has 22 heavy (non-hydrogen) atoms. The van der Waals surface area contributed by atoms with Crippen LogP contribution in [0, 0.1) is 0 Å². The number of aliphatic hydroxyl groups excluding tert-OH is 5. The Kier molecular flexibility index (Phi) is 9.15. The molecule has 2 unspecified atom stereocenters. The number of hydrogen-bond donors (Lipinski definition) is 5. The highest BCUT2D eigenvalue weighted by Gasteiger charge is 2.38. The molecule has 1 rings (SSSR count). The largest absolute Gasteiger partial charge is 0.505 e. The van der Waals surface area contributed by atoms with E-state index in [0.717, 1.165) is 12.8 Å². The normalized spacial score (nSPS) is 19.9. The number of rotatable bonds is 6. The lowest BCUT2D eigenvalue weighted by molar-refractivity contribution is -0.152. The molecular weight excluding hydrogens is 300 g/mol. The first kappa shape index (κ1) is 20.2. The van der Waals surface area contributed by atoms with Crippen molar-refractivity contribution in [3.8, 4) is 0 Å². The van der Waals surface area contributed by atoms with Crippen LogP contribution in [0.5, 0.6) is 0 Å². The number of hydrogen-bond acceptors (Lipinski definition) is 9. The summed E-state index contributed by atoms with van der Waals surface area (Å²) in [5, 5.41) is 43.7. The molecule has 5 N–H and O–H groups in total. The number of cyclic esters (lactones) is 1. The Bertz CT molecular complexity index is 402. The van der Waals surface area contributed by atoms with Gasteiger partial charge in [0.25, 0.3) is 0 Å². The summed E-state index contributed by atoms with van der Waals surface area (Å²) in [4.78, 5) is 21.1. The number of unbranched alkanes of at least 4 members (excludes halogenated alkanes) is 1. The summed E-state index contributed by atoms with van der Waals surface area (Å²) < 4.78 is 8.97. The van der Waals surface area contributed by atoms with Gasteiger partial charge in [0.05, 0.1) is 13.2 Å². The average molecular weight is 322 g/mol. The molecule has 128 valence electrons. The van der Waals surface area contributed by atoms with Gasteiger partial charge in [-0.2, -0.15) is 0 Å². The highest BCUT2D eigenvalue weighted by molar-refractivity contribution is 5.89. The summed E-state index contributed by atoms with van der Waals surface area (Å²) in [5.74, 6) is -3.31. The monoisotopic (exact) mass is 322 g/mol. The van der Waals surface area contributed by atoms with Gasteiger partial charge >= 0.3 is 11.9 Å². The van der Waals surface area contributed by atoms with Crippen LogP contribution in [0.15, 0.2) is 11.5 Å². The van der Waals surface area contributed by atoms with Gasteiger partial charge < -0.3 is 35.0 Å². The fraction of sp³-hybridized carbons (Fsp3) is 0.692. The van der Waals surface area contributed by atoms with E-state index in [2.05, 4.69) is 9.47 Å². The van der Waals surface area contributed by atoms with Gasteiger partial charge in [0.15, 0.2) is 11.9 Å². The summed E-state index contributed by atoms with van der Waals surface area (Å²) in [6.45, 7) is 3.15. The number of carbonyl (C=O) groups is 2. The molecular formula is C13H22O9. The predicted octanol–water partition coefficient (Wildman–Crippen LogP) is -0.697. The Morgan fingerprint density at radius 3 is 2.32 bits per heavy atom. The number of ether oxygens (including phenoxy) is 2. The number of esters is 2. The predicted molar refractivity (Wildman–Crippen MR) is 72.8 cm³/mol. The molecule has 1 aliphatic heterocycles. The second-order valence-corrected chi connectivity index (χ2v) is 4.51. The summed E-state index contributed by atoms with van der Waals surface area (Å²) in [7, 11) is 0. The molecule has 9 heteroatoms. The molecule has 0 spiro atoms. The molecule has 0 aromatic carbocycles. The molecule has 0 saturated heterocycles. The van der Waals surface area contributed by atoms with E-state index >= 15 is 0 Å². The molecule has 0 radical (unpaired) electrons. The van der Waals surface area contributed by atoms with Gasteiger partial charge in [-0.05, 0) is 13.3 Å². The van der Waals surface area contributed by atoms with Crippen molar-refractivity contribution in [3.63, 3.8) is 0 Å². The van der Waals surface area contributed by atoms with Crippen LogP contribution in [0.2, 0.25) is 0 Å². The van der Waals surface area contributed by atoms with Crippen molar-refractivity contribution in [2.45, 2.75) is 45.0 Å². The summed E-state index contributed by atoms with van der Waals surface area (Å²) in [5.41, 5.74) is 0. The van der Waals surface area contributed by atoms with E-state index in [-0.39, 0.29) is 0 Å². The highest BCUT2D eigenvalue weighted by atomic mass is 16.6. The smallest absolute Gasteiger partial charge is 0.377 e. The molecule has 0 aromatic heterocycles. The van der Waals surface area contributed by atoms with E-state index in [9.17, 15) is 9.59 Å². The molecule has 1 heterocycles. The van der Waals surface area contributed by atoms with Crippen LogP contribution >= 0.6 is 0 Å². The third-order valence-electron chi connectivity index (χ3n) is 2.56. The van der Waals surface area contributed by atoms with Gasteiger partial charge in [0.1, 0.15) is 12.2 Å². The molecule has 0 amide bonds. The topological polar surface area (TPSA) is 154 Å². The molecule has 3 atom stereocenters. The SMILES string of the molecule is CCCCOC(=O)C(C)O.O=C1O[C@H](C(O)CO)C(O)=C1O. The molecule has 0 fully saturated rings. The minimum absolute atomic E-state index is 0.417. The van der Waals surface area contributed by atoms with E-state index < -0.39 is 48.4 Å². The lowest BCUT2D eigenvalue weighted by Crippen LogP contribution is -2.31. The third kappa shape index (κ3) is 6.29. The molecule has 0 aliphatic carbocycles. The highest BCUT2D eigenvalue weighted by Crippen LogP contribution is 2.20. The zero-order chi connectivity index (χ0) is 17.3. The fourth-order valence-electron chi connectivity index (χ4n) is 1.26. The second-order valence-electron chi connectivity index (χ2n) is 4.51. The Labute approximate surface area is 127 Å². The van der Waals surface area contributed by atoms with E-state index in [1.165, 1.54) is 6.92 Å². The van der Waals surface area contributed by atoms with Crippen molar-refractivity contribution < 1.29 is 44.6 Å². The van der Waals surface area contributed by atoms with Gasteiger partial charge in [-0.25, -0.2) is 9.59 Å². The first-order valence-electron chi connectivity index (χ1n) is 6.72. The van der Waals surface area contributed by atoms with Crippen LogP contribution in [-0.4, -0.2) is 69.0 Å². The summed E-state index contributed by atoms with van der Waals surface area (Å²) in [6, 6.07) is 0. The van der Waals surface area contributed by atoms with E-state index in [0.29, 0.717) is 6.61 Å². The van der Waals surface area contributed by atoms with Crippen molar-refractivity contribution >= 4 is 11.9 Å². The Morgan fingerprint density at radius 1 is 1.36 bits per heavy atom. The lowest BCUT2D eigenvalue weighted by Gasteiger charge is -2.13. The molecule has 1 aliphatic rings. The maximum Gasteiger partial charge on any atom is 0.377 e. The molecule has 0 aromatic rings. The van der Waals surface area contributed by atoms with Crippen LogP contribution in [0.25, 0.3) is 0 Å². The summed E-state index contributed by atoms with van der Waals surface area (Å²) >= 11 is 0. The van der Waals surface area contributed by atoms with Crippen molar-refractivity contribution in [1.29, 1.82) is 0 Å². The first-order valence-corrected chi connectivity index (χ1v) is 6.72. The number of aliphatic hydroxyl groups is 5. The van der Waals surface area contributed by atoms with E-state index in [1.54, 1.807) is 0 Å². The Balaban J connectivity index is 0.000000409. The van der Waals surface area contributed by atoms with Gasteiger partial charge in [0, 0.05) is 0 Å². The summed E-state index contributed by atoms with van der Waals surface area (Å²) in [6.07, 6.45) is -1.91. The zero-order valence-electron chi connectivity index (χ0n) is 12.4. The fourth-order valence-corrected chi connectivity index (χ4v) is 1.26. The van der Waals surface area contributed by atoms with Crippen LogP contribution in [0.3, 0.4) is 0 Å². The first-order chi connectivity index (χ1) is 10.3. The Hall–Kier alpha value is -1.84. The van der Waals surface area contributed by atoms with Crippen molar-refractivity contribution in [2.24, 2.45) is 0 Å². The van der Waals surface area contributed by atoms with Crippen LogP contribution in [0.1, 0.15) is 26.7 Å². The lowest BCUT2D eigenvalue weighted by atomic mass is 10.2. The van der Waals surface area contributed by atoms with Gasteiger partial charge in [0.2, 0.25) is 5.76 Å². The van der Waals surface area contributed by atoms with Gasteiger partial charge in [-0.3, -0.25) is 0 Å². The average Bonchev–Trinajstić information content (AvgIpc) is 2.74.